The van der Waals surface area contributed by atoms with Crippen molar-refractivity contribution >= 4 is 23.2 Å². The second-order valence-electron chi connectivity index (χ2n) is 6.28. The third kappa shape index (κ3) is 5.56. The summed E-state index contributed by atoms with van der Waals surface area (Å²) < 4.78 is 5.43. The van der Waals surface area contributed by atoms with Crippen LogP contribution in [-0.4, -0.2) is 16.7 Å². The van der Waals surface area contributed by atoms with E-state index in [4.69, 9.17) is 4.42 Å². The average Bonchev–Trinajstić information content (AvgIpc) is 3.35. The van der Waals surface area contributed by atoms with E-state index in [-0.39, 0.29) is 24.3 Å². The summed E-state index contributed by atoms with van der Waals surface area (Å²) in [4.78, 5) is 27.6. The average molecular weight is 382 g/mol. The van der Waals surface area contributed by atoms with Crippen molar-refractivity contribution < 1.29 is 14.0 Å². The first-order chi connectivity index (χ1) is 13.1. The second-order valence-corrected chi connectivity index (χ2v) is 7.31. The molecule has 0 aliphatic heterocycles. The number of hydrogen-bond donors (Lipinski definition) is 1. The summed E-state index contributed by atoms with van der Waals surface area (Å²) in [5.41, 5.74) is 0.912. The van der Waals surface area contributed by atoms with E-state index in [1.54, 1.807) is 22.5 Å². The van der Waals surface area contributed by atoms with Crippen molar-refractivity contribution in [1.82, 2.24) is 10.2 Å². The molecular formula is C21H22N2O3S. The Labute approximate surface area is 162 Å². The maximum atomic E-state index is 13.1. The zero-order chi connectivity index (χ0) is 19.1. The molecule has 0 bridgehead atoms. The predicted molar refractivity (Wildman–Crippen MR) is 105 cm³/mol. The lowest BCUT2D eigenvalue weighted by atomic mass is 10.0. The summed E-state index contributed by atoms with van der Waals surface area (Å²) in [6.45, 7) is 2.37. The molecule has 27 heavy (non-hydrogen) atoms. The first-order valence-corrected chi connectivity index (χ1v) is 9.64. The third-order valence-electron chi connectivity index (χ3n) is 4.16. The highest BCUT2D eigenvalue weighted by Crippen LogP contribution is 2.21. The predicted octanol–water partition coefficient (Wildman–Crippen LogP) is 4.14. The van der Waals surface area contributed by atoms with Crippen molar-refractivity contribution in [2.24, 2.45) is 0 Å². The molecule has 3 aromatic rings. The zero-order valence-corrected chi connectivity index (χ0v) is 15.9. The van der Waals surface area contributed by atoms with E-state index in [1.165, 1.54) is 6.92 Å². The van der Waals surface area contributed by atoms with Crippen molar-refractivity contribution in [2.45, 2.75) is 32.5 Å². The van der Waals surface area contributed by atoms with Crippen LogP contribution in [0.2, 0.25) is 0 Å². The van der Waals surface area contributed by atoms with Crippen LogP contribution in [0.3, 0.4) is 0 Å². The van der Waals surface area contributed by atoms with Crippen LogP contribution in [0.4, 0.5) is 0 Å². The van der Waals surface area contributed by atoms with Gasteiger partial charge in [-0.3, -0.25) is 9.59 Å². The van der Waals surface area contributed by atoms with Crippen LogP contribution in [0.1, 0.15) is 35.6 Å². The van der Waals surface area contributed by atoms with Gasteiger partial charge < -0.3 is 14.6 Å². The quantitative estimate of drug-likeness (QED) is 0.637. The van der Waals surface area contributed by atoms with Crippen LogP contribution in [0.5, 0.6) is 0 Å². The van der Waals surface area contributed by atoms with Crippen molar-refractivity contribution in [3.63, 3.8) is 0 Å². The number of furan rings is 1. The smallest absolute Gasteiger partial charge is 0.225 e. The van der Waals surface area contributed by atoms with Crippen molar-refractivity contribution in [2.75, 3.05) is 0 Å². The highest BCUT2D eigenvalue weighted by molar-refractivity contribution is 7.09. The fraction of sp³-hybridized carbons (Fsp3) is 0.238. The third-order valence-corrected chi connectivity index (χ3v) is 5.03. The van der Waals surface area contributed by atoms with Crippen LogP contribution in [-0.2, 0) is 22.7 Å². The van der Waals surface area contributed by atoms with E-state index < -0.39 is 0 Å². The van der Waals surface area contributed by atoms with Gasteiger partial charge in [-0.2, -0.15) is 0 Å². The van der Waals surface area contributed by atoms with Crippen LogP contribution in [0.15, 0.2) is 70.7 Å². The van der Waals surface area contributed by atoms with Gasteiger partial charge in [-0.25, -0.2) is 0 Å². The van der Waals surface area contributed by atoms with E-state index in [2.05, 4.69) is 5.32 Å². The summed E-state index contributed by atoms with van der Waals surface area (Å²) in [7, 11) is 0. The molecule has 1 aromatic carbocycles. The number of nitrogens with one attached hydrogen (secondary N) is 1. The molecule has 140 valence electrons. The van der Waals surface area contributed by atoms with Crippen molar-refractivity contribution in [3.05, 3.63) is 82.4 Å². The normalized spacial score (nSPS) is 11.7. The minimum Gasteiger partial charge on any atom is -0.467 e. The monoisotopic (exact) mass is 382 g/mol. The molecule has 3 rings (SSSR count). The molecule has 2 heterocycles. The number of benzene rings is 1. The maximum absolute atomic E-state index is 13.1. The molecule has 0 radical (unpaired) electrons. The standard InChI is InChI=1S/C21H22N2O3S/c1-16(24)22-20(17-7-3-2-4-8-17)13-21(25)23(14-18-9-5-11-26-18)15-19-10-6-12-27-19/h2-12,20H,13-15H2,1H3,(H,22,24). The second kappa shape index (κ2) is 9.19. The van der Waals surface area contributed by atoms with Gasteiger partial charge in [0.25, 0.3) is 0 Å². The molecule has 1 atom stereocenters. The number of nitrogens with zero attached hydrogens (tertiary/aromatic N) is 1. The SMILES string of the molecule is CC(=O)NC(CC(=O)N(Cc1ccco1)Cc1cccs1)c1ccccc1. The Morgan fingerprint density at radius 2 is 1.89 bits per heavy atom. The van der Waals surface area contributed by atoms with Crippen LogP contribution in [0, 0.1) is 0 Å². The summed E-state index contributed by atoms with van der Waals surface area (Å²) >= 11 is 1.61. The fourth-order valence-corrected chi connectivity index (χ4v) is 3.62. The number of carbonyl (C=O) groups excluding carboxylic acids is 2. The summed E-state index contributed by atoms with van der Waals surface area (Å²) in [6, 6.07) is 16.9. The molecule has 0 aliphatic rings. The number of thiophene rings is 1. The molecule has 0 fully saturated rings. The van der Waals surface area contributed by atoms with Crippen molar-refractivity contribution in [1.29, 1.82) is 0 Å². The topological polar surface area (TPSA) is 62.6 Å². The molecule has 2 aromatic heterocycles. The largest absolute Gasteiger partial charge is 0.467 e. The Balaban J connectivity index is 1.77. The number of carbonyl (C=O) groups is 2. The molecule has 0 spiro atoms. The van der Waals surface area contributed by atoms with Gasteiger partial charge in [0.05, 0.1) is 31.8 Å². The number of amides is 2. The molecular weight excluding hydrogens is 360 g/mol. The van der Waals surface area contributed by atoms with Gasteiger partial charge in [-0.05, 0) is 29.1 Å². The Morgan fingerprint density at radius 1 is 1.07 bits per heavy atom. The Bertz CT molecular complexity index is 809. The highest BCUT2D eigenvalue weighted by atomic mass is 32.1. The first kappa shape index (κ1) is 18.9. The van der Waals surface area contributed by atoms with E-state index in [9.17, 15) is 9.59 Å². The summed E-state index contributed by atoms with van der Waals surface area (Å²) in [5, 5.41) is 4.89. The van der Waals surface area contributed by atoms with Gasteiger partial charge in [0, 0.05) is 11.8 Å². The molecule has 0 aliphatic carbocycles. The van der Waals surface area contributed by atoms with Gasteiger partial charge in [0.1, 0.15) is 5.76 Å². The van der Waals surface area contributed by atoms with Crippen LogP contribution >= 0.6 is 11.3 Å². The summed E-state index contributed by atoms with van der Waals surface area (Å²) in [5.74, 6) is 0.533. The lowest BCUT2D eigenvalue weighted by Gasteiger charge is -2.25. The molecule has 1 N–H and O–H groups in total. The fourth-order valence-electron chi connectivity index (χ4n) is 2.90. The van der Waals surface area contributed by atoms with Gasteiger partial charge in [-0.1, -0.05) is 36.4 Å². The molecule has 1 unspecified atom stereocenters. The van der Waals surface area contributed by atoms with E-state index in [0.29, 0.717) is 13.1 Å². The minimum atomic E-state index is -0.362. The maximum Gasteiger partial charge on any atom is 0.225 e. The Hall–Kier alpha value is -2.86. The lowest BCUT2D eigenvalue weighted by Crippen LogP contribution is -2.35. The van der Waals surface area contributed by atoms with Crippen LogP contribution < -0.4 is 5.32 Å². The van der Waals surface area contributed by atoms with Gasteiger partial charge >= 0.3 is 0 Å². The Morgan fingerprint density at radius 3 is 2.52 bits per heavy atom. The summed E-state index contributed by atoms with van der Waals surface area (Å²) in [6.07, 6.45) is 1.79. The number of hydrogen-bond acceptors (Lipinski definition) is 4. The van der Waals surface area contributed by atoms with Gasteiger partial charge in [0.15, 0.2) is 0 Å². The highest BCUT2D eigenvalue weighted by Gasteiger charge is 2.22. The lowest BCUT2D eigenvalue weighted by molar-refractivity contribution is -0.133. The molecule has 2 amide bonds. The Kier molecular flexibility index (Phi) is 6.44. The molecule has 0 saturated heterocycles. The number of rotatable bonds is 8. The molecule has 5 nitrogen and oxygen atoms in total. The van der Waals surface area contributed by atoms with Crippen molar-refractivity contribution in [3.8, 4) is 0 Å². The van der Waals surface area contributed by atoms with Gasteiger partial charge in [0.2, 0.25) is 11.8 Å². The van der Waals surface area contributed by atoms with E-state index in [1.807, 2.05) is 60.0 Å². The molecule has 6 heteroatoms. The molecule has 0 saturated carbocycles. The van der Waals surface area contributed by atoms with Gasteiger partial charge in [-0.15, -0.1) is 11.3 Å². The minimum absolute atomic E-state index is 0.0394. The van der Waals surface area contributed by atoms with Crippen LogP contribution in [0.25, 0.3) is 0 Å². The van der Waals surface area contributed by atoms with E-state index >= 15 is 0 Å². The zero-order valence-electron chi connectivity index (χ0n) is 15.1. The first-order valence-electron chi connectivity index (χ1n) is 8.76. The van der Waals surface area contributed by atoms with E-state index in [0.717, 1.165) is 16.2 Å².